The van der Waals surface area contributed by atoms with Gasteiger partial charge in [0.1, 0.15) is 0 Å². The number of rotatable bonds is 6. The zero-order chi connectivity index (χ0) is 41.0. The summed E-state index contributed by atoms with van der Waals surface area (Å²) in [5, 5.41) is 12.8. The number of hydrogen-bond donors (Lipinski definition) is 0. The summed E-state index contributed by atoms with van der Waals surface area (Å²) < 4.78 is 0. The van der Waals surface area contributed by atoms with Crippen molar-refractivity contribution in [3.63, 3.8) is 0 Å². The van der Waals surface area contributed by atoms with Crippen LogP contribution < -0.4 is 0 Å². The molecule has 0 atom stereocenters. The Balaban J connectivity index is 1.04. The lowest BCUT2D eigenvalue weighted by atomic mass is 9.85. The van der Waals surface area contributed by atoms with E-state index in [0.717, 1.165) is 0 Å². The van der Waals surface area contributed by atoms with Crippen molar-refractivity contribution in [3.8, 4) is 66.8 Å². The van der Waals surface area contributed by atoms with Crippen LogP contribution in [0.3, 0.4) is 0 Å². The first-order valence-electron chi connectivity index (χ1n) is 21.5. The van der Waals surface area contributed by atoms with Crippen molar-refractivity contribution in [2.24, 2.45) is 0 Å². The monoisotopic (exact) mass is 784 g/mol. The molecule has 0 amide bonds. The van der Waals surface area contributed by atoms with Gasteiger partial charge >= 0.3 is 0 Å². The van der Waals surface area contributed by atoms with Gasteiger partial charge in [-0.2, -0.15) is 0 Å². The van der Waals surface area contributed by atoms with Crippen LogP contribution in [0.2, 0.25) is 0 Å². The zero-order valence-corrected chi connectivity index (χ0v) is 34.1. The molecule has 0 saturated carbocycles. The maximum atomic E-state index is 2.44. The van der Waals surface area contributed by atoms with Gasteiger partial charge in [-0.3, -0.25) is 0 Å². The highest BCUT2D eigenvalue weighted by atomic mass is 14.2. The molecule has 0 heteroatoms. The Morgan fingerprint density at radius 1 is 0.129 bits per heavy atom. The molecule has 12 aromatic carbocycles. The van der Waals surface area contributed by atoms with Crippen molar-refractivity contribution in [1.82, 2.24) is 0 Å². The minimum atomic E-state index is 1.21. The minimum Gasteiger partial charge on any atom is -0.0622 e. The summed E-state index contributed by atoms with van der Waals surface area (Å²) in [5.74, 6) is 0. The number of fused-ring (bicyclic) bond motifs is 11. The third-order valence-electron chi connectivity index (χ3n) is 12.8. The Labute approximate surface area is 361 Å². The Morgan fingerprint density at radius 3 is 0.710 bits per heavy atom. The van der Waals surface area contributed by atoms with E-state index in [0.29, 0.717) is 0 Å². The number of benzene rings is 12. The average molecular weight is 785 g/mol. The molecule has 0 bridgehead atoms. The van der Waals surface area contributed by atoms with Crippen molar-refractivity contribution < 1.29 is 0 Å². The lowest BCUT2D eigenvalue weighted by molar-refractivity contribution is 1.58. The molecule has 0 radical (unpaired) electrons. The van der Waals surface area contributed by atoms with Gasteiger partial charge in [-0.25, -0.2) is 0 Å². The standard InChI is InChI=1S/C62H40/c1-3-15-41(16-4-1)43-19-11-21-45(35-43)47-23-13-25-49(37-47)51-31-33-55-53-27-7-10-30-58(53)62-60-40-52(32-34-56(60)54-28-8-9-29-57(54)61(62)59(55)39-51)50-26-14-24-48(38-50)46-22-12-20-44(36-46)42-17-5-2-6-18-42/h1-40H. The molecule has 288 valence electrons. The fourth-order valence-corrected chi connectivity index (χ4v) is 9.81. The molecule has 0 aromatic heterocycles. The summed E-state index contributed by atoms with van der Waals surface area (Å²) in [7, 11) is 0. The normalized spacial score (nSPS) is 11.5. The summed E-state index contributed by atoms with van der Waals surface area (Å²) in [5.41, 5.74) is 14.6. The van der Waals surface area contributed by atoms with Gasteiger partial charge in [-0.1, -0.05) is 206 Å². The minimum absolute atomic E-state index is 1.21. The van der Waals surface area contributed by atoms with Crippen LogP contribution in [0.4, 0.5) is 0 Å². The number of hydrogen-bond acceptors (Lipinski definition) is 0. The molecular weight excluding hydrogens is 745 g/mol. The van der Waals surface area contributed by atoms with Crippen molar-refractivity contribution in [2.45, 2.75) is 0 Å². The molecular formula is C62H40. The molecule has 12 aromatic rings. The lowest BCUT2D eigenvalue weighted by Gasteiger charge is -2.18. The van der Waals surface area contributed by atoms with E-state index >= 15 is 0 Å². The molecule has 0 nitrogen and oxygen atoms in total. The summed E-state index contributed by atoms with van der Waals surface area (Å²) >= 11 is 0. The molecule has 0 fully saturated rings. The summed E-state index contributed by atoms with van der Waals surface area (Å²) in [6, 6.07) is 89.3. The SMILES string of the molecule is c1ccc(-c2cccc(-c3cccc(-c4ccc5c6ccccc6c6c7cc(-c8cccc(-c9cccc(-c%10ccccc%10)c9)c8)ccc7c7ccccc7c6c5c4)c3)c2)cc1. The van der Waals surface area contributed by atoms with Crippen LogP contribution in [0.15, 0.2) is 243 Å². The van der Waals surface area contributed by atoms with Gasteiger partial charge in [-0.15, -0.1) is 0 Å². The van der Waals surface area contributed by atoms with Crippen molar-refractivity contribution in [2.75, 3.05) is 0 Å². The van der Waals surface area contributed by atoms with Crippen LogP contribution in [-0.4, -0.2) is 0 Å². The van der Waals surface area contributed by atoms with Gasteiger partial charge in [0.2, 0.25) is 0 Å². The second-order valence-electron chi connectivity index (χ2n) is 16.4. The maximum absolute atomic E-state index is 2.44. The van der Waals surface area contributed by atoms with Crippen LogP contribution in [0.5, 0.6) is 0 Å². The fraction of sp³-hybridized carbons (Fsp3) is 0. The molecule has 0 heterocycles. The Bertz CT molecular complexity index is 3430. The first kappa shape index (κ1) is 35.8. The van der Waals surface area contributed by atoms with Crippen molar-refractivity contribution >= 4 is 53.9 Å². The van der Waals surface area contributed by atoms with Gasteiger partial charge in [0, 0.05) is 0 Å². The Morgan fingerprint density at radius 2 is 0.371 bits per heavy atom. The molecule has 12 rings (SSSR count). The Kier molecular flexibility index (Phi) is 8.61. The van der Waals surface area contributed by atoms with E-state index in [1.165, 1.54) is 121 Å². The first-order valence-corrected chi connectivity index (χ1v) is 21.5. The highest BCUT2D eigenvalue weighted by molar-refractivity contribution is 6.39. The van der Waals surface area contributed by atoms with E-state index in [2.05, 4.69) is 243 Å². The van der Waals surface area contributed by atoms with Gasteiger partial charge in [0.25, 0.3) is 0 Å². The van der Waals surface area contributed by atoms with Gasteiger partial charge in [0.05, 0.1) is 0 Å². The highest BCUT2D eigenvalue weighted by Crippen LogP contribution is 2.46. The smallest absolute Gasteiger partial charge is 0.00137 e. The second kappa shape index (κ2) is 14.9. The largest absolute Gasteiger partial charge is 0.0622 e. The van der Waals surface area contributed by atoms with E-state index in [4.69, 9.17) is 0 Å². The van der Waals surface area contributed by atoms with Crippen molar-refractivity contribution in [1.29, 1.82) is 0 Å². The van der Waals surface area contributed by atoms with Crippen LogP contribution in [0.25, 0.3) is 121 Å². The predicted molar refractivity (Wildman–Crippen MR) is 267 cm³/mol. The average Bonchev–Trinajstić information content (AvgIpc) is 3.36. The molecule has 62 heavy (non-hydrogen) atoms. The molecule has 0 aliphatic heterocycles. The fourth-order valence-electron chi connectivity index (χ4n) is 9.81. The van der Waals surface area contributed by atoms with E-state index < -0.39 is 0 Å². The molecule has 0 aliphatic carbocycles. The van der Waals surface area contributed by atoms with E-state index in [1.807, 2.05) is 0 Å². The highest BCUT2D eigenvalue weighted by Gasteiger charge is 2.18. The molecule has 0 spiro atoms. The van der Waals surface area contributed by atoms with Gasteiger partial charge in [-0.05, 0) is 157 Å². The molecule has 0 N–H and O–H groups in total. The van der Waals surface area contributed by atoms with Crippen molar-refractivity contribution in [3.05, 3.63) is 243 Å². The van der Waals surface area contributed by atoms with E-state index in [-0.39, 0.29) is 0 Å². The summed E-state index contributed by atoms with van der Waals surface area (Å²) in [6.45, 7) is 0. The topological polar surface area (TPSA) is 0 Å². The first-order chi connectivity index (χ1) is 30.7. The third-order valence-corrected chi connectivity index (χ3v) is 12.8. The predicted octanol–water partition coefficient (Wildman–Crippen LogP) is 17.5. The van der Waals surface area contributed by atoms with E-state index in [1.54, 1.807) is 0 Å². The third kappa shape index (κ3) is 6.16. The van der Waals surface area contributed by atoms with Crippen LogP contribution in [0.1, 0.15) is 0 Å². The zero-order valence-electron chi connectivity index (χ0n) is 34.1. The maximum Gasteiger partial charge on any atom is -0.00137 e. The molecule has 0 unspecified atom stereocenters. The second-order valence-corrected chi connectivity index (χ2v) is 16.4. The summed E-state index contributed by atoms with van der Waals surface area (Å²) in [6.07, 6.45) is 0. The van der Waals surface area contributed by atoms with Gasteiger partial charge in [0.15, 0.2) is 0 Å². The summed E-state index contributed by atoms with van der Waals surface area (Å²) in [4.78, 5) is 0. The Hall–Kier alpha value is -8.06. The molecule has 0 aliphatic rings. The van der Waals surface area contributed by atoms with Crippen LogP contribution in [-0.2, 0) is 0 Å². The van der Waals surface area contributed by atoms with E-state index in [9.17, 15) is 0 Å². The quantitative estimate of drug-likeness (QED) is 0.147. The lowest BCUT2D eigenvalue weighted by Crippen LogP contribution is -1.90. The molecule has 0 saturated heterocycles. The van der Waals surface area contributed by atoms with Gasteiger partial charge < -0.3 is 0 Å². The van der Waals surface area contributed by atoms with Crippen LogP contribution in [0, 0.1) is 0 Å². The van der Waals surface area contributed by atoms with Crippen LogP contribution >= 0.6 is 0 Å².